The quantitative estimate of drug-likeness (QED) is 0.805. The summed E-state index contributed by atoms with van der Waals surface area (Å²) in [6.45, 7) is 5.42. The Morgan fingerprint density at radius 1 is 1.48 bits per heavy atom. The zero-order chi connectivity index (χ0) is 16.9. The minimum atomic E-state index is -2.50. The first kappa shape index (κ1) is 17.3. The van der Waals surface area contributed by atoms with Gasteiger partial charge < -0.3 is 5.32 Å². The van der Waals surface area contributed by atoms with Crippen molar-refractivity contribution in [1.82, 2.24) is 4.98 Å². The lowest BCUT2D eigenvalue weighted by atomic mass is 9.86. The minimum Gasteiger partial charge on any atom is -0.321 e. The molecule has 1 N–H and O–H groups in total. The molecule has 3 nitrogen and oxygen atoms in total. The molecule has 0 unspecified atom stereocenters. The Kier molecular flexibility index (Phi) is 5.64. The lowest BCUT2D eigenvalue weighted by molar-refractivity contribution is -0.111. The van der Waals surface area contributed by atoms with Crippen LogP contribution in [0.15, 0.2) is 31.0 Å². The highest BCUT2D eigenvalue weighted by Gasteiger charge is 2.33. The van der Waals surface area contributed by atoms with Gasteiger partial charge in [-0.05, 0) is 42.9 Å². The fraction of sp³-hybridized carbons (Fsp3) is 0.444. The molecule has 0 radical (unpaired) electrons. The maximum Gasteiger partial charge on any atom is 0.248 e. The second-order valence-electron chi connectivity index (χ2n) is 5.86. The van der Waals surface area contributed by atoms with Crippen molar-refractivity contribution in [2.45, 2.75) is 45.0 Å². The number of aromatic nitrogens is 1. The van der Waals surface area contributed by atoms with Crippen molar-refractivity contribution >= 4 is 17.7 Å². The highest BCUT2D eigenvalue weighted by atomic mass is 19.3. The molecule has 1 aromatic heterocycles. The first-order valence-corrected chi connectivity index (χ1v) is 7.92. The molecule has 1 heterocycles. The molecule has 1 aromatic rings. The lowest BCUT2D eigenvalue weighted by Gasteiger charge is -2.26. The van der Waals surface area contributed by atoms with Gasteiger partial charge in [-0.15, -0.1) is 0 Å². The number of alkyl halides is 2. The SMILES string of the molecule is C=CC(=O)Nc1cnc(CC)c(/C=C/C2CCC(F)(F)CC2)c1. The third-order valence-corrected chi connectivity index (χ3v) is 4.10. The Morgan fingerprint density at radius 3 is 2.78 bits per heavy atom. The topological polar surface area (TPSA) is 42.0 Å². The molecule has 1 amide bonds. The number of hydrogen-bond donors (Lipinski definition) is 1. The van der Waals surface area contributed by atoms with E-state index in [1.165, 1.54) is 6.08 Å². The number of halogens is 2. The van der Waals surface area contributed by atoms with Crippen LogP contribution in [0.25, 0.3) is 6.08 Å². The molecule has 1 saturated carbocycles. The summed E-state index contributed by atoms with van der Waals surface area (Å²) in [6.07, 6.45) is 8.42. The number of rotatable bonds is 5. The van der Waals surface area contributed by atoms with E-state index in [-0.39, 0.29) is 24.7 Å². The highest BCUT2D eigenvalue weighted by Crippen LogP contribution is 2.36. The summed E-state index contributed by atoms with van der Waals surface area (Å²) in [7, 11) is 0. The molecule has 1 fully saturated rings. The second-order valence-corrected chi connectivity index (χ2v) is 5.86. The van der Waals surface area contributed by atoms with Gasteiger partial charge in [0.2, 0.25) is 11.8 Å². The van der Waals surface area contributed by atoms with Crippen LogP contribution in [0, 0.1) is 5.92 Å². The predicted octanol–water partition coefficient (Wildman–Crippen LogP) is 4.61. The summed E-state index contributed by atoms with van der Waals surface area (Å²) < 4.78 is 26.4. The monoisotopic (exact) mass is 320 g/mol. The second kappa shape index (κ2) is 7.49. The van der Waals surface area contributed by atoms with Gasteiger partial charge in [-0.25, -0.2) is 8.78 Å². The van der Waals surface area contributed by atoms with E-state index in [1.807, 2.05) is 25.1 Å². The first-order chi connectivity index (χ1) is 10.9. The van der Waals surface area contributed by atoms with Crippen molar-refractivity contribution in [1.29, 1.82) is 0 Å². The Hall–Kier alpha value is -2.04. The molecule has 1 aliphatic carbocycles. The number of aryl methyl sites for hydroxylation is 1. The number of anilines is 1. The number of amides is 1. The van der Waals surface area contributed by atoms with E-state index in [4.69, 9.17) is 0 Å². The lowest BCUT2D eigenvalue weighted by Crippen LogP contribution is -2.23. The summed E-state index contributed by atoms with van der Waals surface area (Å²) in [5.74, 6) is -2.62. The minimum absolute atomic E-state index is 0.0453. The van der Waals surface area contributed by atoms with Crippen LogP contribution in [-0.4, -0.2) is 16.8 Å². The predicted molar refractivity (Wildman–Crippen MR) is 88.4 cm³/mol. The van der Waals surface area contributed by atoms with Gasteiger partial charge in [0.25, 0.3) is 0 Å². The zero-order valence-electron chi connectivity index (χ0n) is 13.3. The molecule has 2 rings (SSSR count). The van der Waals surface area contributed by atoms with Crippen molar-refractivity contribution < 1.29 is 13.6 Å². The fourth-order valence-electron chi connectivity index (χ4n) is 2.71. The zero-order valence-corrected chi connectivity index (χ0v) is 13.3. The Morgan fingerprint density at radius 2 is 2.17 bits per heavy atom. The van der Waals surface area contributed by atoms with Crippen LogP contribution in [-0.2, 0) is 11.2 Å². The number of carbonyl (C=O) groups is 1. The number of hydrogen-bond acceptors (Lipinski definition) is 2. The standard InChI is InChI=1S/C18H22F2N2O/c1-3-16-14(11-15(12-21-16)22-17(23)4-2)6-5-13-7-9-18(19,20)10-8-13/h4-6,11-13H,2-3,7-10H2,1H3,(H,22,23)/b6-5+. The summed E-state index contributed by atoms with van der Waals surface area (Å²) in [5.41, 5.74) is 2.42. The van der Waals surface area contributed by atoms with Crippen molar-refractivity contribution in [3.63, 3.8) is 0 Å². The molecular weight excluding hydrogens is 298 g/mol. The Labute approximate surface area is 135 Å². The fourth-order valence-corrected chi connectivity index (χ4v) is 2.71. The molecule has 124 valence electrons. The van der Waals surface area contributed by atoms with Gasteiger partial charge in [0, 0.05) is 18.5 Å². The molecule has 0 atom stereocenters. The van der Waals surface area contributed by atoms with Crippen LogP contribution in [0.2, 0.25) is 0 Å². The maximum atomic E-state index is 13.2. The van der Waals surface area contributed by atoms with Crippen LogP contribution < -0.4 is 5.32 Å². The van der Waals surface area contributed by atoms with Crippen molar-refractivity contribution in [3.05, 3.63) is 42.3 Å². The summed E-state index contributed by atoms with van der Waals surface area (Å²) >= 11 is 0. The van der Waals surface area contributed by atoms with Crippen LogP contribution in [0.5, 0.6) is 0 Å². The molecule has 1 aliphatic rings. The molecule has 0 aliphatic heterocycles. The highest BCUT2D eigenvalue weighted by molar-refractivity contribution is 5.98. The van der Waals surface area contributed by atoms with Crippen LogP contribution in [0.3, 0.4) is 0 Å². The molecule has 5 heteroatoms. The van der Waals surface area contributed by atoms with Gasteiger partial charge in [0.15, 0.2) is 0 Å². The number of nitrogens with zero attached hydrogens (tertiary/aromatic N) is 1. The summed E-state index contributed by atoms with van der Waals surface area (Å²) in [4.78, 5) is 15.7. The van der Waals surface area contributed by atoms with Gasteiger partial charge in [0.1, 0.15) is 0 Å². The number of pyridine rings is 1. The van der Waals surface area contributed by atoms with Crippen molar-refractivity contribution in [3.8, 4) is 0 Å². The largest absolute Gasteiger partial charge is 0.321 e. The summed E-state index contributed by atoms with van der Waals surface area (Å²) in [6, 6.07) is 1.85. The molecular formula is C18H22F2N2O. The van der Waals surface area contributed by atoms with E-state index in [0.717, 1.165) is 17.7 Å². The summed E-state index contributed by atoms with van der Waals surface area (Å²) in [5, 5.41) is 2.68. The van der Waals surface area contributed by atoms with E-state index >= 15 is 0 Å². The smallest absolute Gasteiger partial charge is 0.248 e. The normalized spacial score (nSPS) is 18.0. The maximum absolute atomic E-state index is 13.2. The van der Waals surface area contributed by atoms with Gasteiger partial charge in [-0.2, -0.15) is 0 Å². The van der Waals surface area contributed by atoms with Gasteiger partial charge in [-0.3, -0.25) is 9.78 Å². The van der Waals surface area contributed by atoms with E-state index in [2.05, 4.69) is 16.9 Å². The van der Waals surface area contributed by atoms with E-state index in [9.17, 15) is 13.6 Å². The average molecular weight is 320 g/mol. The molecule has 0 aromatic carbocycles. The number of allylic oxidation sites excluding steroid dienone is 1. The number of nitrogens with one attached hydrogen (secondary N) is 1. The van der Waals surface area contributed by atoms with Crippen molar-refractivity contribution in [2.24, 2.45) is 5.92 Å². The van der Waals surface area contributed by atoms with Crippen LogP contribution >= 0.6 is 0 Å². The Balaban J connectivity index is 2.11. The van der Waals surface area contributed by atoms with E-state index in [1.54, 1.807) is 6.20 Å². The van der Waals surface area contributed by atoms with Gasteiger partial charge in [-0.1, -0.05) is 25.7 Å². The molecule has 0 saturated heterocycles. The average Bonchev–Trinajstić information content (AvgIpc) is 2.54. The Bertz CT molecular complexity index is 601. The molecule has 0 bridgehead atoms. The number of carbonyl (C=O) groups excluding carboxylic acids is 1. The van der Waals surface area contributed by atoms with Gasteiger partial charge >= 0.3 is 0 Å². The van der Waals surface area contributed by atoms with Gasteiger partial charge in [0.05, 0.1) is 11.9 Å². The van der Waals surface area contributed by atoms with Crippen molar-refractivity contribution in [2.75, 3.05) is 5.32 Å². The first-order valence-electron chi connectivity index (χ1n) is 7.92. The third kappa shape index (κ3) is 4.98. The van der Waals surface area contributed by atoms with E-state index in [0.29, 0.717) is 18.5 Å². The molecule has 0 spiro atoms. The molecule has 23 heavy (non-hydrogen) atoms. The third-order valence-electron chi connectivity index (χ3n) is 4.10. The van der Waals surface area contributed by atoms with Crippen LogP contribution in [0.1, 0.15) is 43.9 Å². The van der Waals surface area contributed by atoms with E-state index < -0.39 is 5.92 Å². The van der Waals surface area contributed by atoms with Crippen LogP contribution in [0.4, 0.5) is 14.5 Å².